The number of amides is 2. The van der Waals surface area contributed by atoms with Crippen molar-refractivity contribution in [3.05, 3.63) is 16.1 Å². The molecule has 0 radical (unpaired) electrons. The van der Waals surface area contributed by atoms with Gasteiger partial charge in [0.25, 0.3) is 0 Å². The van der Waals surface area contributed by atoms with Crippen molar-refractivity contribution in [3.63, 3.8) is 0 Å². The first-order chi connectivity index (χ1) is 8.60. The highest BCUT2D eigenvalue weighted by Gasteiger charge is 2.29. The average Bonchev–Trinajstić information content (AvgIpc) is 2.80. The van der Waals surface area contributed by atoms with Gasteiger partial charge in [-0.05, 0) is 6.92 Å². The van der Waals surface area contributed by atoms with E-state index in [0.29, 0.717) is 12.4 Å². The summed E-state index contributed by atoms with van der Waals surface area (Å²) in [6.07, 6.45) is 0.729. The molecule has 1 aliphatic heterocycles. The fourth-order valence-corrected chi connectivity index (χ4v) is 2.82. The van der Waals surface area contributed by atoms with E-state index >= 15 is 0 Å². The SMILES string of the molecule is CC1C(=O)NC(=O)CN1CCc1nc(CCl)cs1. The van der Waals surface area contributed by atoms with E-state index in [9.17, 15) is 9.59 Å². The van der Waals surface area contributed by atoms with Crippen LogP contribution in [0.3, 0.4) is 0 Å². The quantitative estimate of drug-likeness (QED) is 0.656. The van der Waals surface area contributed by atoms with E-state index < -0.39 is 0 Å². The first-order valence-corrected chi connectivity index (χ1v) is 7.08. The van der Waals surface area contributed by atoms with Crippen LogP contribution in [-0.4, -0.2) is 40.8 Å². The number of aromatic nitrogens is 1. The molecule has 1 aromatic rings. The predicted molar refractivity (Wildman–Crippen MR) is 69.6 cm³/mol. The molecule has 2 rings (SSSR count). The van der Waals surface area contributed by atoms with Crippen molar-refractivity contribution in [2.45, 2.75) is 25.3 Å². The minimum Gasteiger partial charge on any atom is -0.294 e. The first kappa shape index (κ1) is 13.5. The second kappa shape index (κ2) is 5.77. The number of nitrogens with one attached hydrogen (secondary N) is 1. The van der Waals surface area contributed by atoms with Crippen molar-refractivity contribution in [2.75, 3.05) is 13.1 Å². The number of nitrogens with zero attached hydrogens (tertiary/aromatic N) is 2. The summed E-state index contributed by atoms with van der Waals surface area (Å²) in [6.45, 7) is 2.71. The Morgan fingerprint density at radius 1 is 1.61 bits per heavy atom. The fraction of sp³-hybridized carbons (Fsp3) is 0.545. The third-order valence-electron chi connectivity index (χ3n) is 2.89. The second-order valence-corrected chi connectivity index (χ2v) is 5.39. The molecule has 18 heavy (non-hydrogen) atoms. The topological polar surface area (TPSA) is 62.3 Å². The number of rotatable bonds is 4. The van der Waals surface area contributed by atoms with Gasteiger partial charge < -0.3 is 0 Å². The molecule has 7 heteroatoms. The minimum absolute atomic E-state index is 0.230. The number of hydrogen-bond acceptors (Lipinski definition) is 5. The maximum absolute atomic E-state index is 11.5. The lowest BCUT2D eigenvalue weighted by molar-refractivity contribution is -0.139. The number of halogens is 1. The lowest BCUT2D eigenvalue weighted by Crippen LogP contribution is -2.57. The number of alkyl halides is 1. The van der Waals surface area contributed by atoms with Crippen LogP contribution in [-0.2, 0) is 21.9 Å². The Kier molecular flexibility index (Phi) is 4.31. The number of thiazole rings is 1. The van der Waals surface area contributed by atoms with Gasteiger partial charge in [-0.1, -0.05) is 0 Å². The molecule has 1 aliphatic rings. The largest absolute Gasteiger partial charge is 0.294 e. The molecule has 0 spiro atoms. The molecule has 0 saturated carbocycles. The van der Waals surface area contributed by atoms with Crippen molar-refractivity contribution >= 4 is 34.8 Å². The van der Waals surface area contributed by atoms with Crippen molar-refractivity contribution in [1.29, 1.82) is 0 Å². The Balaban J connectivity index is 1.92. The molecule has 0 aliphatic carbocycles. The number of carbonyl (C=O) groups is 2. The lowest BCUT2D eigenvalue weighted by Gasteiger charge is -2.31. The molecule has 1 fully saturated rings. The highest BCUT2D eigenvalue weighted by molar-refractivity contribution is 7.09. The number of hydrogen-bond donors (Lipinski definition) is 1. The van der Waals surface area contributed by atoms with Gasteiger partial charge in [0.2, 0.25) is 11.8 Å². The minimum atomic E-state index is -0.268. The van der Waals surface area contributed by atoms with E-state index in [-0.39, 0.29) is 24.4 Å². The van der Waals surface area contributed by atoms with Crippen LogP contribution >= 0.6 is 22.9 Å². The molecular formula is C11H14ClN3O2S. The van der Waals surface area contributed by atoms with E-state index in [1.807, 2.05) is 10.3 Å². The zero-order chi connectivity index (χ0) is 13.1. The van der Waals surface area contributed by atoms with E-state index in [1.165, 1.54) is 0 Å². The van der Waals surface area contributed by atoms with E-state index in [4.69, 9.17) is 11.6 Å². The van der Waals surface area contributed by atoms with Crippen LogP contribution in [0.25, 0.3) is 0 Å². The maximum atomic E-state index is 11.5. The van der Waals surface area contributed by atoms with Gasteiger partial charge in [0, 0.05) is 18.3 Å². The zero-order valence-corrected chi connectivity index (χ0v) is 11.6. The van der Waals surface area contributed by atoms with E-state index in [1.54, 1.807) is 18.3 Å². The van der Waals surface area contributed by atoms with Crippen molar-refractivity contribution in [3.8, 4) is 0 Å². The smallest absolute Gasteiger partial charge is 0.243 e. The molecule has 1 unspecified atom stereocenters. The van der Waals surface area contributed by atoms with Crippen LogP contribution in [0.1, 0.15) is 17.6 Å². The predicted octanol–water partition coefficient (Wildman–Crippen LogP) is 0.771. The van der Waals surface area contributed by atoms with Crippen LogP contribution in [0, 0.1) is 0 Å². The Morgan fingerprint density at radius 3 is 3.06 bits per heavy atom. The maximum Gasteiger partial charge on any atom is 0.243 e. The summed E-state index contributed by atoms with van der Waals surface area (Å²) in [6, 6.07) is -0.268. The van der Waals surface area contributed by atoms with Crippen LogP contribution in [0.15, 0.2) is 5.38 Å². The van der Waals surface area contributed by atoms with Crippen LogP contribution in [0.2, 0.25) is 0 Å². The standard InChI is InChI=1S/C11H14ClN3O2S/c1-7-11(17)14-9(16)5-15(7)3-2-10-13-8(4-12)6-18-10/h6-7H,2-5H2,1H3,(H,14,16,17). The Morgan fingerprint density at radius 2 is 2.39 bits per heavy atom. The Bertz CT molecular complexity index is 463. The third kappa shape index (κ3) is 3.07. The normalized spacial score (nSPS) is 21.1. The summed E-state index contributed by atoms with van der Waals surface area (Å²) in [5.74, 6) is -0.0529. The van der Waals surface area contributed by atoms with Gasteiger partial charge >= 0.3 is 0 Å². The molecule has 98 valence electrons. The monoisotopic (exact) mass is 287 g/mol. The zero-order valence-electron chi connectivity index (χ0n) is 9.98. The van der Waals surface area contributed by atoms with Gasteiger partial charge in [-0.2, -0.15) is 0 Å². The van der Waals surface area contributed by atoms with Crippen LogP contribution < -0.4 is 5.32 Å². The van der Waals surface area contributed by atoms with Crippen LogP contribution in [0.4, 0.5) is 0 Å². The molecule has 1 N–H and O–H groups in total. The summed E-state index contributed by atoms with van der Waals surface area (Å²) >= 11 is 7.24. The summed E-state index contributed by atoms with van der Waals surface area (Å²) < 4.78 is 0. The Labute approximate surface area is 114 Å². The summed E-state index contributed by atoms with van der Waals surface area (Å²) in [4.78, 5) is 29.0. The van der Waals surface area contributed by atoms with Gasteiger partial charge in [-0.25, -0.2) is 4.98 Å². The van der Waals surface area contributed by atoms with Gasteiger partial charge in [0.05, 0.1) is 29.2 Å². The molecule has 0 aromatic carbocycles. The fourth-order valence-electron chi connectivity index (χ4n) is 1.81. The number of carbonyl (C=O) groups excluding carboxylic acids is 2. The summed E-state index contributed by atoms with van der Waals surface area (Å²) in [5.41, 5.74) is 0.872. The van der Waals surface area contributed by atoms with Gasteiger partial charge in [0.15, 0.2) is 0 Å². The molecule has 5 nitrogen and oxygen atoms in total. The van der Waals surface area contributed by atoms with Crippen molar-refractivity contribution < 1.29 is 9.59 Å². The van der Waals surface area contributed by atoms with Crippen molar-refractivity contribution in [1.82, 2.24) is 15.2 Å². The first-order valence-electron chi connectivity index (χ1n) is 5.67. The highest BCUT2D eigenvalue weighted by Crippen LogP contribution is 2.14. The highest BCUT2D eigenvalue weighted by atomic mass is 35.5. The summed E-state index contributed by atoms with van der Waals surface area (Å²) in [5, 5.41) is 5.23. The van der Waals surface area contributed by atoms with E-state index in [2.05, 4.69) is 10.3 Å². The lowest BCUT2D eigenvalue weighted by atomic mass is 10.2. The van der Waals surface area contributed by atoms with Gasteiger partial charge in [-0.15, -0.1) is 22.9 Å². The molecule has 1 aromatic heterocycles. The van der Waals surface area contributed by atoms with Crippen molar-refractivity contribution in [2.24, 2.45) is 0 Å². The van der Waals surface area contributed by atoms with Crippen LogP contribution in [0.5, 0.6) is 0 Å². The Hall–Kier alpha value is -0.980. The number of imide groups is 1. The molecule has 0 bridgehead atoms. The molecule has 2 heterocycles. The summed E-state index contributed by atoms with van der Waals surface area (Å²) in [7, 11) is 0. The molecule has 1 atom stereocenters. The average molecular weight is 288 g/mol. The second-order valence-electron chi connectivity index (χ2n) is 4.18. The van der Waals surface area contributed by atoms with E-state index in [0.717, 1.165) is 17.1 Å². The molecule has 1 saturated heterocycles. The van der Waals surface area contributed by atoms with Gasteiger partial charge in [0.1, 0.15) is 0 Å². The third-order valence-corrected chi connectivity index (χ3v) is 4.12. The number of piperazine rings is 1. The molecular weight excluding hydrogens is 274 g/mol. The van der Waals surface area contributed by atoms with Gasteiger partial charge in [-0.3, -0.25) is 19.8 Å². The molecule has 2 amide bonds.